The molecule has 0 radical (unpaired) electrons. The van der Waals surface area contributed by atoms with Crippen LogP contribution in [0.3, 0.4) is 0 Å². The van der Waals surface area contributed by atoms with E-state index >= 15 is 0 Å². The van der Waals surface area contributed by atoms with Gasteiger partial charge in [-0.1, -0.05) is 245 Å². The average Bonchev–Trinajstić information content (AvgIpc) is 3.23. The predicted molar refractivity (Wildman–Crippen MR) is 252 cm³/mol. The second-order valence-electron chi connectivity index (χ2n) is 17.8. The lowest BCUT2D eigenvalue weighted by molar-refractivity contribution is -0.167. The van der Waals surface area contributed by atoms with Crippen molar-refractivity contribution in [3.05, 3.63) is 12.2 Å². The van der Waals surface area contributed by atoms with E-state index in [0.717, 1.165) is 70.6 Å². The highest BCUT2D eigenvalue weighted by atomic mass is 16.6. The number of esters is 3. The molecule has 0 N–H and O–H groups in total. The second-order valence-corrected chi connectivity index (χ2v) is 17.8. The summed E-state index contributed by atoms with van der Waals surface area (Å²) in [6.07, 6.45) is 53.5. The van der Waals surface area contributed by atoms with E-state index in [0.29, 0.717) is 19.3 Å². The van der Waals surface area contributed by atoms with Gasteiger partial charge in [-0.05, 0) is 38.5 Å². The monoisotopic (exact) mass is 833 g/mol. The highest BCUT2D eigenvalue weighted by molar-refractivity contribution is 5.71. The summed E-state index contributed by atoms with van der Waals surface area (Å²) in [5.41, 5.74) is 0. The number of hydrogen-bond donors (Lipinski definition) is 0. The maximum atomic E-state index is 12.7. The van der Waals surface area contributed by atoms with Crippen LogP contribution in [0, 0.1) is 0 Å². The highest BCUT2D eigenvalue weighted by Crippen LogP contribution is 2.17. The smallest absolute Gasteiger partial charge is 0.306 e. The number of hydrogen-bond acceptors (Lipinski definition) is 6. The largest absolute Gasteiger partial charge is 0.462 e. The minimum atomic E-state index is -0.765. The van der Waals surface area contributed by atoms with Gasteiger partial charge in [-0.25, -0.2) is 0 Å². The zero-order valence-corrected chi connectivity index (χ0v) is 39.8. The quantitative estimate of drug-likeness (QED) is 0.0263. The third kappa shape index (κ3) is 47.1. The minimum Gasteiger partial charge on any atom is -0.462 e. The van der Waals surface area contributed by atoms with Crippen LogP contribution in [0.25, 0.3) is 0 Å². The predicted octanol–water partition coefficient (Wildman–Crippen LogP) is 17.0. The van der Waals surface area contributed by atoms with E-state index in [1.165, 1.54) is 180 Å². The first-order chi connectivity index (χ1) is 29.0. The Balaban J connectivity index is 4.23. The van der Waals surface area contributed by atoms with E-state index < -0.39 is 6.10 Å². The van der Waals surface area contributed by atoms with Crippen LogP contribution in [0.1, 0.15) is 290 Å². The van der Waals surface area contributed by atoms with Gasteiger partial charge in [0.15, 0.2) is 6.10 Å². The number of ether oxygens (including phenoxy) is 3. The van der Waals surface area contributed by atoms with Gasteiger partial charge >= 0.3 is 17.9 Å². The van der Waals surface area contributed by atoms with E-state index in [4.69, 9.17) is 14.2 Å². The molecule has 0 rings (SSSR count). The molecule has 6 heteroatoms. The summed E-state index contributed by atoms with van der Waals surface area (Å²) in [5.74, 6) is -0.862. The molecule has 1 atom stereocenters. The Morgan fingerprint density at radius 2 is 0.593 bits per heavy atom. The zero-order valence-electron chi connectivity index (χ0n) is 39.8. The van der Waals surface area contributed by atoms with Crippen molar-refractivity contribution in [2.45, 2.75) is 297 Å². The molecule has 0 bridgehead atoms. The number of unbranched alkanes of at least 4 members (excludes halogenated alkanes) is 35. The van der Waals surface area contributed by atoms with Gasteiger partial charge in [-0.15, -0.1) is 0 Å². The van der Waals surface area contributed by atoms with Crippen molar-refractivity contribution < 1.29 is 28.6 Å². The Morgan fingerprint density at radius 1 is 0.322 bits per heavy atom. The van der Waals surface area contributed by atoms with Crippen LogP contribution < -0.4 is 0 Å². The Hall–Kier alpha value is -1.85. The molecule has 0 aliphatic rings. The molecule has 348 valence electrons. The first-order valence-electron chi connectivity index (χ1n) is 26.2. The van der Waals surface area contributed by atoms with Gasteiger partial charge in [0.05, 0.1) is 0 Å². The number of carbonyl (C=O) groups excluding carboxylic acids is 3. The van der Waals surface area contributed by atoms with Crippen LogP contribution in [0.4, 0.5) is 0 Å². The van der Waals surface area contributed by atoms with Crippen molar-refractivity contribution >= 4 is 17.9 Å². The fourth-order valence-corrected chi connectivity index (χ4v) is 7.80. The van der Waals surface area contributed by atoms with Crippen LogP contribution >= 0.6 is 0 Å². The van der Waals surface area contributed by atoms with Gasteiger partial charge in [0.2, 0.25) is 0 Å². The summed E-state index contributed by atoms with van der Waals surface area (Å²) in [6, 6.07) is 0. The summed E-state index contributed by atoms with van der Waals surface area (Å²) < 4.78 is 16.8. The van der Waals surface area contributed by atoms with Gasteiger partial charge in [0.1, 0.15) is 13.2 Å². The van der Waals surface area contributed by atoms with E-state index in [1.54, 1.807) is 0 Å². The Kier molecular flexibility index (Phi) is 47.3. The average molecular weight is 833 g/mol. The Bertz CT molecular complexity index is 916. The molecule has 0 fully saturated rings. The topological polar surface area (TPSA) is 78.9 Å². The number of rotatable bonds is 48. The lowest BCUT2D eigenvalue weighted by Crippen LogP contribution is -2.30. The zero-order chi connectivity index (χ0) is 43.0. The van der Waals surface area contributed by atoms with Crippen molar-refractivity contribution in [3.8, 4) is 0 Å². The highest BCUT2D eigenvalue weighted by Gasteiger charge is 2.19. The summed E-state index contributed by atoms with van der Waals surface area (Å²) in [5, 5.41) is 0. The van der Waals surface area contributed by atoms with Crippen molar-refractivity contribution in [1.82, 2.24) is 0 Å². The lowest BCUT2D eigenvalue weighted by Gasteiger charge is -2.18. The van der Waals surface area contributed by atoms with Crippen LogP contribution in [0.15, 0.2) is 12.2 Å². The van der Waals surface area contributed by atoms with Gasteiger partial charge in [0.25, 0.3) is 0 Å². The molecule has 0 amide bonds. The molecule has 0 aromatic heterocycles. The third-order valence-electron chi connectivity index (χ3n) is 11.8. The standard InChI is InChI=1S/C53H100O6/c1-4-7-10-13-16-19-22-24-25-26-27-28-29-30-32-34-37-40-43-46-52(55)58-49-50(48-57-51(54)45-42-39-36-33-21-18-15-12-9-6-3)59-53(56)47-44-41-38-35-31-23-20-17-14-11-8-5-2/h12,15,50H,4-11,13-14,16-49H2,1-3H3/b15-12-. The Labute approximate surface area is 367 Å². The fourth-order valence-electron chi connectivity index (χ4n) is 7.80. The Morgan fingerprint density at radius 3 is 0.915 bits per heavy atom. The number of allylic oxidation sites excluding steroid dienone is 2. The lowest BCUT2D eigenvalue weighted by atomic mass is 10.0. The van der Waals surface area contributed by atoms with Gasteiger partial charge in [-0.2, -0.15) is 0 Å². The summed E-state index contributed by atoms with van der Waals surface area (Å²) in [6.45, 7) is 6.60. The third-order valence-corrected chi connectivity index (χ3v) is 11.8. The minimum absolute atomic E-state index is 0.0673. The van der Waals surface area contributed by atoms with Gasteiger partial charge in [-0.3, -0.25) is 14.4 Å². The molecule has 59 heavy (non-hydrogen) atoms. The summed E-state index contributed by atoms with van der Waals surface area (Å²) >= 11 is 0. The molecule has 0 spiro atoms. The molecule has 0 heterocycles. The van der Waals surface area contributed by atoms with Crippen molar-refractivity contribution in [2.24, 2.45) is 0 Å². The molecule has 0 aromatic rings. The second kappa shape index (κ2) is 48.8. The summed E-state index contributed by atoms with van der Waals surface area (Å²) in [4.78, 5) is 37.9. The van der Waals surface area contributed by atoms with Crippen LogP contribution in [-0.4, -0.2) is 37.2 Å². The normalized spacial score (nSPS) is 12.0. The molecule has 0 aromatic carbocycles. The molecular formula is C53H100O6. The maximum Gasteiger partial charge on any atom is 0.306 e. The molecule has 1 unspecified atom stereocenters. The molecule has 6 nitrogen and oxygen atoms in total. The fraction of sp³-hybridized carbons (Fsp3) is 0.906. The van der Waals surface area contributed by atoms with E-state index in [1.807, 2.05) is 0 Å². The first-order valence-corrected chi connectivity index (χ1v) is 26.2. The van der Waals surface area contributed by atoms with Crippen molar-refractivity contribution in [2.75, 3.05) is 13.2 Å². The van der Waals surface area contributed by atoms with Crippen molar-refractivity contribution in [3.63, 3.8) is 0 Å². The molecule has 0 saturated carbocycles. The molecular weight excluding hydrogens is 733 g/mol. The van der Waals surface area contributed by atoms with E-state index in [-0.39, 0.29) is 31.1 Å². The first kappa shape index (κ1) is 57.1. The van der Waals surface area contributed by atoms with Gasteiger partial charge < -0.3 is 14.2 Å². The van der Waals surface area contributed by atoms with Crippen LogP contribution in [0.5, 0.6) is 0 Å². The molecule has 0 saturated heterocycles. The summed E-state index contributed by atoms with van der Waals surface area (Å²) in [7, 11) is 0. The van der Waals surface area contributed by atoms with Crippen LogP contribution in [0.2, 0.25) is 0 Å². The molecule has 0 aliphatic heterocycles. The van der Waals surface area contributed by atoms with E-state index in [2.05, 4.69) is 32.9 Å². The van der Waals surface area contributed by atoms with Crippen molar-refractivity contribution in [1.29, 1.82) is 0 Å². The maximum absolute atomic E-state index is 12.7. The molecule has 0 aliphatic carbocycles. The SMILES string of the molecule is CCC/C=C\CCCCCCCC(=O)OCC(COC(=O)CCCCCCCCCCCCCCCCCCCCC)OC(=O)CCCCCCCCCCCCCC. The van der Waals surface area contributed by atoms with Gasteiger partial charge in [0, 0.05) is 19.3 Å². The van der Waals surface area contributed by atoms with Crippen LogP contribution in [-0.2, 0) is 28.6 Å². The van der Waals surface area contributed by atoms with E-state index in [9.17, 15) is 14.4 Å². The number of carbonyl (C=O) groups is 3.